The van der Waals surface area contributed by atoms with E-state index in [1.807, 2.05) is 11.9 Å². The third-order valence-corrected chi connectivity index (χ3v) is 7.18. The fraction of sp³-hybridized carbons (Fsp3) is 0.905. The molecule has 1 saturated carbocycles. The van der Waals surface area contributed by atoms with Crippen LogP contribution in [-0.2, 0) is 4.79 Å². The number of nitrogens with zero attached hydrogens (tertiary/aromatic N) is 4. The quantitative estimate of drug-likeness (QED) is 0.589. The van der Waals surface area contributed by atoms with E-state index < -0.39 is 0 Å². The summed E-state index contributed by atoms with van der Waals surface area (Å²) < 4.78 is 0. The maximum Gasteiger partial charge on any atom is 0.239 e. The smallest absolute Gasteiger partial charge is 0.239 e. The number of hydrogen-bond donors (Lipinski definition) is 1. The highest BCUT2D eigenvalue weighted by Gasteiger charge is 2.33. The van der Waals surface area contributed by atoms with E-state index in [4.69, 9.17) is 0 Å². The molecular formula is C21H39N5O. The van der Waals surface area contributed by atoms with Crippen LogP contribution in [-0.4, -0.2) is 85.5 Å². The van der Waals surface area contributed by atoms with Crippen molar-refractivity contribution in [3.05, 3.63) is 0 Å². The Morgan fingerprint density at radius 1 is 1.00 bits per heavy atom. The Morgan fingerprint density at radius 3 is 2.19 bits per heavy atom. The number of amides is 1. The summed E-state index contributed by atoms with van der Waals surface area (Å²) in [5.41, 5.74) is 0.467. The topological polar surface area (TPSA) is 51.2 Å². The number of carbonyl (C=O) groups is 1. The van der Waals surface area contributed by atoms with Crippen LogP contribution >= 0.6 is 0 Å². The van der Waals surface area contributed by atoms with Gasteiger partial charge in [-0.1, -0.05) is 19.8 Å². The van der Waals surface area contributed by atoms with Gasteiger partial charge in [0.1, 0.15) is 0 Å². The highest BCUT2D eigenvalue weighted by molar-refractivity contribution is 5.82. The highest BCUT2D eigenvalue weighted by Crippen LogP contribution is 2.40. The Kier molecular flexibility index (Phi) is 7.01. The standard InChI is InChI=1S/C21H39N5O/c1-4-21(9-5-6-10-21)17-23-20(22-3)26-15-13-24(14-16-26)18(2)19(27)25-11-7-8-12-25/h18H,4-17H2,1-3H3,(H,22,23). The Balaban J connectivity index is 1.47. The minimum absolute atomic E-state index is 0.00192. The zero-order valence-corrected chi connectivity index (χ0v) is 17.7. The van der Waals surface area contributed by atoms with Crippen LogP contribution < -0.4 is 5.32 Å². The number of piperazine rings is 1. The average Bonchev–Trinajstić information content (AvgIpc) is 3.40. The molecule has 0 bridgehead atoms. The number of aliphatic imine (C=N–C) groups is 1. The van der Waals surface area contributed by atoms with Crippen molar-refractivity contribution in [2.24, 2.45) is 10.4 Å². The lowest BCUT2D eigenvalue weighted by atomic mass is 9.83. The van der Waals surface area contributed by atoms with Gasteiger partial charge in [-0.2, -0.15) is 0 Å². The molecule has 3 fully saturated rings. The first-order valence-corrected chi connectivity index (χ1v) is 11.1. The van der Waals surface area contributed by atoms with Gasteiger partial charge in [-0.25, -0.2) is 0 Å². The van der Waals surface area contributed by atoms with Crippen LogP contribution in [0.2, 0.25) is 0 Å². The van der Waals surface area contributed by atoms with Gasteiger partial charge in [-0.05, 0) is 44.4 Å². The van der Waals surface area contributed by atoms with Gasteiger partial charge < -0.3 is 15.1 Å². The van der Waals surface area contributed by atoms with Crippen molar-refractivity contribution in [3.63, 3.8) is 0 Å². The lowest BCUT2D eigenvalue weighted by Gasteiger charge is -2.40. The molecule has 3 rings (SSSR count). The van der Waals surface area contributed by atoms with Gasteiger partial charge in [0.25, 0.3) is 0 Å². The van der Waals surface area contributed by atoms with E-state index in [9.17, 15) is 4.79 Å². The molecule has 1 aliphatic carbocycles. The van der Waals surface area contributed by atoms with Crippen LogP contribution in [0.4, 0.5) is 0 Å². The Hall–Kier alpha value is -1.30. The van der Waals surface area contributed by atoms with Gasteiger partial charge in [-0.15, -0.1) is 0 Å². The monoisotopic (exact) mass is 377 g/mol. The summed E-state index contributed by atoms with van der Waals surface area (Å²) in [6.07, 6.45) is 9.00. The lowest BCUT2D eigenvalue weighted by molar-refractivity contribution is -0.135. The minimum Gasteiger partial charge on any atom is -0.356 e. The van der Waals surface area contributed by atoms with Crippen LogP contribution in [0.25, 0.3) is 0 Å². The Bertz CT molecular complexity index is 515. The fourth-order valence-corrected chi connectivity index (χ4v) is 5.06. The normalized spacial score (nSPS) is 25.1. The highest BCUT2D eigenvalue weighted by atomic mass is 16.2. The van der Waals surface area contributed by atoms with Gasteiger partial charge in [-0.3, -0.25) is 14.7 Å². The molecule has 1 amide bonds. The second kappa shape index (κ2) is 9.26. The van der Waals surface area contributed by atoms with Crippen molar-refractivity contribution in [3.8, 4) is 0 Å². The van der Waals surface area contributed by atoms with E-state index in [0.29, 0.717) is 11.3 Å². The first-order chi connectivity index (χ1) is 13.1. The van der Waals surface area contributed by atoms with Crippen molar-refractivity contribution >= 4 is 11.9 Å². The lowest BCUT2D eigenvalue weighted by Crippen LogP contribution is -2.57. The number of nitrogens with one attached hydrogen (secondary N) is 1. The molecule has 1 N–H and O–H groups in total. The zero-order chi connectivity index (χ0) is 19.3. The van der Waals surface area contributed by atoms with Crippen molar-refractivity contribution in [2.45, 2.75) is 64.8 Å². The molecular weight excluding hydrogens is 338 g/mol. The van der Waals surface area contributed by atoms with Crippen LogP contribution in [0.15, 0.2) is 4.99 Å². The van der Waals surface area contributed by atoms with Gasteiger partial charge in [0, 0.05) is 52.9 Å². The molecule has 0 aromatic carbocycles. The number of likely N-dealkylation sites (tertiary alicyclic amines) is 1. The van der Waals surface area contributed by atoms with E-state index in [1.54, 1.807) is 0 Å². The van der Waals surface area contributed by atoms with Crippen molar-refractivity contribution < 1.29 is 4.79 Å². The number of rotatable bonds is 5. The molecule has 6 nitrogen and oxygen atoms in total. The third-order valence-electron chi connectivity index (χ3n) is 7.18. The summed E-state index contributed by atoms with van der Waals surface area (Å²) in [6, 6.07) is 0.00192. The molecule has 3 aliphatic rings. The molecule has 2 aliphatic heterocycles. The summed E-state index contributed by atoms with van der Waals surface area (Å²) in [7, 11) is 1.89. The van der Waals surface area contributed by atoms with Crippen LogP contribution in [0.3, 0.4) is 0 Å². The van der Waals surface area contributed by atoms with Crippen molar-refractivity contribution in [2.75, 3.05) is 52.9 Å². The maximum absolute atomic E-state index is 12.7. The van der Waals surface area contributed by atoms with E-state index in [0.717, 1.165) is 64.6 Å². The largest absolute Gasteiger partial charge is 0.356 e. The molecule has 0 spiro atoms. The molecule has 0 aromatic rings. The molecule has 2 saturated heterocycles. The second-order valence-electron chi connectivity index (χ2n) is 8.69. The van der Waals surface area contributed by atoms with Crippen molar-refractivity contribution in [1.82, 2.24) is 20.0 Å². The maximum atomic E-state index is 12.7. The Morgan fingerprint density at radius 2 is 1.63 bits per heavy atom. The average molecular weight is 378 g/mol. The van der Waals surface area contributed by atoms with E-state index in [1.165, 1.54) is 32.1 Å². The SMILES string of the molecule is CCC1(CNC(=NC)N2CCN(C(C)C(=O)N3CCCC3)CC2)CCCC1. The summed E-state index contributed by atoms with van der Waals surface area (Å²) in [4.78, 5) is 24.0. The summed E-state index contributed by atoms with van der Waals surface area (Å²) in [5, 5.41) is 3.67. The fourth-order valence-electron chi connectivity index (χ4n) is 5.06. The number of carbonyl (C=O) groups excluding carboxylic acids is 1. The third kappa shape index (κ3) is 4.76. The van der Waals surface area contributed by atoms with E-state index >= 15 is 0 Å². The van der Waals surface area contributed by atoms with Crippen molar-refractivity contribution in [1.29, 1.82) is 0 Å². The molecule has 27 heavy (non-hydrogen) atoms. The Labute approximate surface area is 165 Å². The van der Waals surface area contributed by atoms with Crippen LogP contribution in [0.5, 0.6) is 0 Å². The van der Waals surface area contributed by atoms with Gasteiger partial charge >= 0.3 is 0 Å². The summed E-state index contributed by atoms with van der Waals surface area (Å²) in [5.74, 6) is 1.35. The number of guanidine groups is 1. The first-order valence-electron chi connectivity index (χ1n) is 11.1. The van der Waals surface area contributed by atoms with Crippen LogP contribution in [0.1, 0.15) is 58.8 Å². The molecule has 154 valence electrons. The van der Waals surface area contributed by atoms with Gasteiger partial charge in [0.15, 0.2) is 5.96 Å². The molecule has 0 aromatic heterocycles. The molecule has 6 heteroatoms. The molecule has 2 heterocycles. The summed E-state index contributed by atoms with van der Waals surface area (Å²) in [6.45, 7) is 11.1. The minimum atomic E-state index is 0.00192. The zero-order valence-electron chi connectivity index (χ0n) is 17.7. The molecule has 1 unspecified atom stereocenters. The second-order valence-corrected chi connectivity index (χ2v) is 8.69. The predicted octanol–water partition coefficient (Wildman–Crippen LogP) is 2.16. The van der Waals surface area contributed by atoms with Crippen LogP contribution in [0, 0.1) is 5.41 Å². The number of hydrogen-bond acceptors (Lipinski definition) is 3. The van der Waals surface area contributed by atoms with Gasteiger partial charge in [0.05, 0.1) is 6.04 Å². The van der Waals surface area contributed by atoms with E-state index in [-0.39, 0.29) is 6.04 Å². The predicted molar refractivity (Wildman–Crippen MR) is 111 cm³/mol. The molecule has 1 atom stereocenters. The summed E-state index contributed by atoms with van der Waals surface area (Å²) >= 11 is 0. The van der Waals surface area contributed by atoms with Gasteiger partial charge in [0.2, 0.25) is 5.91 Å². The first kappa shape index (κ1) is 20.4. The van der Waals surface area contributed by atoms with E-state index in [2.05, 4.69) is 34.0 Å². The molecule has 0 radical (unpaired) electrons.